The van der Waals surface area contributed by atoms with Crippen molar-refractivity contribution in [3.05, 3.63) is 0 Å². The van der Waals surface area contributed by atoms with Crippen molar-refractivity contribution in [1.29, 1.82) is 0 Å². The third-order valence-electron chi connectivity index (χ3n) is 2.50. The van der Waals surface area contributed by atoms with Crippen LogP contribution < -0.4 is 10.6 Å². The molecular weight excluding hydrogens is 244 g/mol. The summed E-state index contributed by atoms with van der Waals surface area (Å²) < 4.78 is 5.08. The molecule has 0 aromatic rings. The highest BCUT2D eigenvalue weighted by atomic mass is 16.5. The third kappa shape index (κ3) is 4.68. The fourth-order valence-corrected chi connectivity index (χ4v) is 1.53. The van der Waals surface area contributed by atoms with Gasteiger partial charge in [-0.3, -0.25) is 9.59 Å². The van der Waals surface area contributed by atoms with Gasteiger partial charge in [0.2, 0.25) is 5.91 Å². The first-order valence-corrected chi connectivity index (χ1v) is 5.57. The Hall–Kier alpha value is -1.67. The molecule has 0 saturated carbocycles. The molecule has 4 N–H and O–H groups in total. The van der Waals surface area contributed by atoms with Crippen LogP contribution in [0, 0.1) is 0 Å². The summed E-state index contributed by atoms with van der Waals surface area (Å²) in [6.07, 6.45) is -0.462. The van der Waals surface area contributed by atoms with Gasteiger partial charge in [0, 0.05) is 13.0 Å². The van der Waals surface area contributed by atoms with Crippen molar-refractivity contribution >= 4 is 17.8 Å². The minimum atomic E-state index is -1.25. The zero-order valence-corrected chi connectivity index (χ0v) is 9.72. The van der Waals surface area contributed by atoms with E-state index in [2.05, 4.69) is 10.6 Å². The van der Waals surface area contributed by atoms with Gasteiger partial charge in [-0.25, -0.2) is 4.79 Å². The summed E-state index contributed by atoms with van der Waals surface area (Å²) in [7, 11) is 0. The summed E-state index contributed by atoms with van der Waals surface area (Å²) in [5.74, 6) is -2.84. The topological polar surface area (TPSA) is 125 Å². The van der Waals surface area contributed by atoms with Gasteiger partial charge in [-0.05, 0) is 6.42 Å². The Morgan fingerprint density at radius 1 is 1.39 bits per heavy atom. The summed E-state index contributed by atoms with van der Waals surface area (Å²) in [5, 5.41) is 22.5. The van der Waals surface area contributed by atoms with Crippen LogP contribution in [0.1, 0.15) is 12.8 Å². The van der Waals surface area contributed by atoms with Crippen LogP contribution in [0.25, 0.3) is 0 Å². The van der Waals surface area contributed by atoms with E-state index in [0.717, 1.165) is 0 Å². The standard InChI is InChI=1S/C10H16N2O6/c13-8(14)2-1-6(10(16)17)12-9(15)7-5-18-4-3-11-7/h6-7,11H,1-5H2,(H,12,15)(H,13,14)(H,16,17)/t6-,7?/m1/s1. The predicted molar refractivity (Wildman–Crippen MR) is 59.0 cm³/mol. The lowest BCUT2D eigenvalue weighted by molar-refractivity contribution is -0.143. The molecule has 0 aromatic carbocycles. The van der Waals surface area contributed by atoms with Crippen molar-refractivity contribution in [1.82, 2.24) is 10.6 Å². The zero-order valence-electron chi connectivity index (χ0n) is 9.72. The number of rotatable bonds is 6. The Kier molecular flexibility index (Phi) is 5.53. The average molecular weight is 260 g/mol. The molecule has 8 heteroatoms. The second-order valence-electron chi connectivity index (χ2n) is 3.91. The van der Waals surface area contributed by atoms with Gasteiger partial charge in [-0.1, -0.05) is 0 Å². The van der Waals surface area contributed by atoms with E-state index in [-0.39, 0.29) is 19.4 Å². The molecule has 0 aliphatic carbocycles. The lowest BCUT2D eigenvalue weighted by atomic mass is 10.1. The number of aliphatic carboxylic acids is 2. The van der Waals surface area contributed by atoms with Crippen LogP contribution in [0.2, 0.25) is 0 Å². The molecule has 1 unspecified atom stereocenters. The van der Waals surface area contributed by atoms with Crippen LogP contribution in [-0.2, 0) is 19.1 Å². The Morgan fingerprint density at radius 2 is 2.11 bits per heavy atom. The summed E-state index contributed by atoms with van der Waals surface area (Å²) in [5.41, 5.74) is 0. The first-order chi connectivity index (χ1) is 8.50. The lowest BCUT2D eigenvalue weighted by Gasteiger charge is -2.24. The number of carboxylic acid groups (broad SMARTS) is 2. The van der Waals surface area contributed by atoms with Crippen molar-refractivity contribution in [2.24, 2.45) is 0 Å². The average Bonchev–Trinajstić information content (AvgIpc) is 2.34. The van der Waals surface area contributed by atoms with Crippen LogP contribution in [0.5, 0.6) is 0 Å². The minimum absolute atomic E-state index is 0.149. The molecule has 1 aliphatic rings. The zero-order chi connectivity index (χ0) is 13.5. The van der Waals surface area contributed by atoms with Gasteiger partial charge < -0.3 is 25.6 Å². The number of hydrogen-bond donors (Lipinski definition) is 4. The Labute approximate surface area is 103 Å². The highest BCUT2D eigenvalue weighted by molar-refractivity contribution is 5.87. The van der Waals surface area contributed by atoms with Crippen molar-refractivity contribution in [2.45, 2.75) is 24.9 Å². The van der Waals surface area contributed by atoms with E-state index in [1.165, 1.54) is 0 Å². The van der Waals surface area contributed by atoms with Crippen LogP contribution in [-0.4, -0.2) is 59.9 Å². The van der Waals surface area contributed by atoms with Gasteiger partial charge in [0.15, 0.2) is 0 Å². The maximum atomic E-state index is 11.7. The first kappa shape index (κ1) is 14.4. The summed E-state index contributed by atoms with van der Waals surface area (Å²) in [6.45, 7) is 1.20. The normalized spacial score (nSPS) is 21.0. The van der Waals surface area contributed by atoms with E-state index in [1.54, 1.807) is 0 Å². The molecule has 2 atom stereocenters. The van der Waals surface area contributed by atoms with Crippen molar-refractivity contribution in [3.8, 4) is 0 Å². The maximum absolute atomic E-state index is 11.7. The quantitative estimate of drug-likeness (QED) is 0.453. The van der Waals surface area contributed by atoms with E-state index in [0.29, 0.717) is 13.2 Å². The van der Waals surface area contributed by atoms with Crippen molar-refractivity contribution < 1.29 is 29.3 Å². The molecule has 0 bridgehead atoms. The molecular formula is C10H16N2O6. The van der Waals surface area contributed by atoms with Crippen LogP contribution in [0.15, 0.2) is 0 Å². The van der Waals surface area contributed by atoms with Gasteiger partial charge in [-0.2, -0.15) is 0 Å². The molecule has 1 fully saturated rings. The second-order valence-corrected chi connectivity index (χ2v) is 3.91. The molecule has 1 amide bonds. The third-order valence-corrected chi connectivity index (χ3v) is 2.50. The number of ether oxygens (including phenoxy) is 1. The van der Waals surface area contributed by atoms with Crippen LogP contribution >= 0.6 is 0 Å². The van der Waals surface area contributed by atoms with E-state index in [1.807, 2.05) is 0 Å². The molecule has 1 rings (SSSR count). The number of carbonyl (C=O) groups excluding carboxylic acids is 1. The van der Waals surface area contributed by atoms with Crippen molar-refractivity contribution in [3.63, 3.8) is 0 Å². The predicted octanol–water partition coefficient (Wildman–Crippen LogP) is -1.59. The minimum Gasteiger partial charge on any atom is -0.481 e. The highest BCUT2D eigenvalue weighted by Crippen LogP contribution is 2.00. The molecule has 1 aliphatic heterocycles. The van der Waals surface area contributed by atoms with Gasteiger partial charge in [-0.15, -0.1) is 0 Å². The van der Waals surface area contributed by atoms with E-state index >= 15 is 0 Å². The van der Waals surface area contributed by atoms with Crippen molar-refractivity contribution in [2.75, 3.05) is 19.8 Å². The SMILES string of the molecule is O=C(O)CC[C@@H](NC(=O)C1COCCN1)C(=O)O. The number of amides is 1. The number of carboxylic acids is 2. The van der Waals surface area contributed by atoms with E-state index < -0.39 is 29.9 Å². The van der Waals surface area contributed by atoms with E-state index in [4.69, 9.17) is 14.9 Å². The Bertz CT molecular complexity index is 326. The summed E-state index contributed by atoms with van der Waals surface area (Å²) >= 11 is 0. The fourth-order valence-electron chi connectivity index (χ4n) is 1.53. The van der Waals surface area contributed by atoms with E-state index in [9.17, 15) is 14.4 Å². The molecule has 8 nitrogen and oxygen atoms in total. The molecule has 18 heavy (non-hydrogen) atoms. The molecule has 1 heterocycles. The second kappa shape index (κ2) is 6.92. The molecule has 1 saturated heterocycles. The molecule has 0 aromatic heterocycles. The number of nitrogens with one attached hydrogen (secondary N) is 2. The largest absolute Gasteiger partial charge is 0.481 e. The molecule has 0 radical (unpaired) electrons. The molecule has 0 spiro atoms. The van der Waals surface area contributed by atoms with Gasteiger partial charge in [0.05, 0.1) is 13.2 Å². The Balaban J connectivity index is 2.46. The summed E-state index contributed by atoms with van der Waals surface area (Å²) in [6, 6.07) is -1.79. The van der Waals surface area contributed by atoms with Crippen LogP contribution in [0.3, 0.4) is 0 Å². The number of hydrogen-bond acceptors (Lipinski definition) is 5. The molecule has 102 valence electrons. The summed E-state index contributed by atoms with van der Waals surface area (Å²) in [4.78, 5) is 32.9. The van der Waals surface area contributed by atoms with Gasteiger partial charge in [0.25, 0.3) is 0 Å². The Morgan fingerprint density at radius 3 is 2.61 bits per heavy atom. The number of carbonyl (C=O) groups is 3. The lowest BCUT2D eigenvalue weighted by Crippen LogP contribution is -2.54. The monoisotopic (exact) mass is 260 g/mol. The van der Waals surface area contributed by atoms with Crippen LogP contribution in [0.4, 0.5) is 0 Å². The van der Waals surface area contributed by atoms with Gasteiger partial charge >= 0.3 is 11.9 Å². The number of morpholine rings is 1. The maximum Gasteiger partial charge on any atom is 0.326 e. The fraction of sp³-hybridized carbons (Fsp3) is 0.700. The van der Waals surface area contributed by atoms with Gasteiger partial charge in [0.1, 0.15) is 12.1 Å². The smallest absolute Gasteiger partial charge is 0.326 e. The first-order valence-electron chi connectivity index (χ1n) is 5.57. The highest BCUT2D eigenvalue weighted by Gasteiger charge is 2.26.